The number of hydrogen-bond donors (Lipinski definition) is 0. The molecule has 1 saturated heterocycles. The van der Waals surface area contributed by atoms with Crippen LogP contribution in [-0.4, -0.2) is 25.8 Å². The third kappa shape index (κ3) is 3.26. The summed E-state index contributed by atoms with van der Waals surface area (Å²) in [5.41, 5.74) is 2.36. The lowest BCUT2D eigenvalue weighted by Gasteiger charge is -2.43. The first-order valence-corrected chi connectivity index (χ1v) is 9.86. The van der Waals surface area contributed by atoms with E-state index in [0.29, 0.717) is 18.0 Å². The molecule has 2 aromatic carbocycles. The maximum Gasteiger partial charge on any atom is 0.243 e. The molecule has 4 heteroatoms. The number of hydrogen-bond acceptors (Lipinski definition) is 2. The SMILES string of the molecule is Cc1ccc(S(=O)(=O)N2CCC(C)(C)[C@H](c3ccccc3)C2)cc1. The summed E-state index contributed by atoms with van der Waals surface area (Å²) in [5.74, 6) is 0.202. The zero-order chi connectivity index (χ0) is 17.4. The van der Waals surface area contributed by atoms with E-state index in [-0.39, 0.29) is 11.3 Å². The van der Waals surface area contributed by atoms with Crippen LogP contribution in [0, 0.1) is 12.3 Å². The van der Waals surface area contributed by atoms with Gasteiger partial charge < -0.3 is 0 Å². The number of rotatable bonds is 3. The highest BCUT2D eigenvalue weighted by Gasteiger charge is 2.40. The lowest BCUT2D eigenvalue weighted by molar-refractivity contribution is 0.158. The average molecular weight is 343 g/mol. The van der Waals surface area contributed by atoms with Gasteiger partial charge in [-0.2, -0.15) is 4.31 Å². The highest BCUT2D eigenvalue weighted by atomic mass is 32.2. The van der Waals surface area contributed by atoms with Crippen LogP contribution in [0.15, 0.2) is 59.5 Å². The molecule has 24 heavy (non-hydrogen) atoms. The van der Waals surface area contributed by atoms with Crippen LogP contribution in [0.3, 0.4) is 0 Å². The van der Waals surface area contributed by atoms with Crippen LogP contribution in [-0.2, 0) is 10.0 Å². The number of nitrogens with zero attached hydrogens (tertiary/aromatic N) is 1. The Labute approximate surface area is 145 Å². The summed E-state index contributed by atoms with van der Waals surface area (Å²) >= 11 is 0. The second-order valence-corrected chi connectivity index (χ2v) is 9.32. The second-order valence-electron chi connectivity index (χ2n) is 7.38. The number of benzene rings is 2. The molecule has 1 aliphatic rings. The predicted octanol–water partition coefficient (Wildman–Crippen LogP) is 4.20. The largest absolute Gasteiger partial charge is 0.243 e. The topological polar surface area (TPSA) is 37.4 Å². The first kappa shape index (κ1) is 17.2. The van der Waals surface area contributed by atoms with Gasteiger partial charge in [-0.15, -0.1) is 0 Å². The summed E-state index contributed by atoms with van der Waals surface area (Å²) in [6, 6.07) is 17.4. The second kappa shape index (κ2) is 6.34. The zero-order valence-electron chi connectivity index (χ0n) is 14.6. The van der Waals surface area contributed by atoms with Crippen molar-refractivity contribution in [1.29, 1.82) is 0 Å². The molecule has 0 aliphatic carbocycles. The minimum absolute atomic E-state index is 0.0840. The Balaban J connectivity index is 1.91. The average Bonchev–Trinajstić information content (AvgIpc) is 2.55. The molecule has 1 atom stereocenters. The zero-order valence-corrected chi connectivity index (χ0v) is 15.4. The molecule has 0 amide bonds. The third-order valence-electron chi connectivity index (χ3n) is 5.20. The molecule has 0 saturated carbocycles. The van der Waals surface area contributed by atoms with Crippen molar-refractivity contribution in [3.8, 4) is 0 Å². The lowest BCUT2D eigenvalue weighted by Crippen LogP contribution is -2.46. The summed E-state index contributed by atoms with van der Waals surface area (Å²) in [7, 11) is -3.44. The first-order valence-electron chi connectivity index (χ1n) is 8.42. The summed E-state index contributed by atoms with van der Waals surface area (Å²) < 4.78 is 27.7. The lowest BCUT2D eigenvalue weighted by atomic mass is 9.71. The Hall–Kier alpha value is -1.65. The fourth-order valence-electron chi connectivity index (χ4n) is 3.45. The molecule has 128 valence electrons. The molecule has 3 nitrogen and oxygen atoms in total. The minimum atomic E-state index is -3.44. The minimum Gasteiger partial charge on any atom is -0.207 e. The third-order valence-corrected chi connectivity index (χ3v) is 7.08. The van der Waals surface area contributed by atoms with Crippen LogP contribution in [0.2, 0.25) is 0 Å². The Morgan fingerprint density at radius 1 is 1.00 bits per heavy atom. The van der Waals surface area contributed by atoms with Crippen molar-refractivity contribution in [2.45, 2.75) is 38.0 Å². The van der Waals surface area contributed by atoms with Gasteiger partial charge in [0.2, 0.25) is 10.0 Å². The predicted molar refractivity (Wildman–Crippen MR) is 97.5 cm³/mol. The summed E-state index contributed by atoms with van der Waals surface area (Å²) in [6.07, 6.45) is 0.859. The van der Waals surface area contributed by atoms with Crippen LogP contribution in [0.5, 0.6) is 0 Å². The van der Waals surface area contributed by atoms with Gasteiger partial charge in [-0.1, -0.05) is 61.9 Å². The Kier molecular flexibility index (Phi) is 4.54. The van der Waals surface area contributed by atoms with Crippen LogP contribution < -0.4 is 0 Å². The van der Waals surface area contributed by atoms with Crippen molar-refractivity contribution in [1.82, 2.24) is 4.31 Å². The van der Waals surface area contributed by atoms with Crippen molar-refractivity contribution >= 4 is 10.0 Å². The monoisotopic (exact) mass is 343 g/mol. The van der Waals surface area contributed by atoms with Crippen molar-refractivity contribution in [2.75, 3.05) is 13.1 Å². The van der Waals surface area contributed by atoms with Crippen molar-refractivity contribution < 1.29 is 8.42 Å². The van der Waals surface area contributed by atoms with Gasteiger partial charge >= 0.3 is 0 Å². The van der Waals surface area contributed by atoms with Gasteiger partial charge in [-0.05, 0) is 36.5 Å². The molecule has 0 spiro atoms. The van der Waals surface area contributed by atoms with E-state index in [0.717, 1.165) is 12.0 Å². The molecule has 0 bridgehead atoms. The molecule has 3 rings (SSSR count). The van der Waals surface area contributed by atoms with Gasteiger partial charge in [-0.25, -0.2) is 8.42 Å². The number of piperidine rings is 1. The van der Waals surface area contributed by atoms with Gasteiger partial charge in [0.05, 0.1) is 4.90 Å². The van der Waals surface area contributed by atoms with E-state index >= 15 is 0 Å². The summed E-state index contributed by atoms with van der Waals surface area (Å²) in [4.78, 5) is 0.389. The van der Waals surface area contributed by atoms with E-state index in [1.165, 1.54) is 5.56 Å². The molecular formula is C20H25NO2S. The highest BCUT2D eigenvalue weighted by Crippen LogP contribution is 2.43. The van der Waals surface area contributed by atoms with Crippen LogP contribution >= 0.6 is 0 Å². The standard InChI is InChI=1S/C20H25NO2S/c1-16-9-11-18(12-10-16)24(22,23)21-14-13-20(2,3)19(15-21)17-7-5-4-6-8-17/h4-12,19H,13-15H2,1-3H3/t19-/m0/s1. The molecule has 0 N–H and O–H groups in total. The van der Waals surface area contributed by atoms with E-state index < -0.39 is 10.0 Å². The van der Waals surface area contributed by atoms with E-state index in [4.69, 9.17) is 0 Å². The molecule has 1 fully saturated rings. The Morgan fingerprint density at radius 2 is 1.62 bits per heavy atom. The summed E-state index contributed by atoms with van der Waals surface area (Å²) in [6.45, 7) is 7.55. The van der Waals surface area contributed by atoms with Gasteiger partial charge in [0.1, 0.15) is 0 Å². The first-order chi connectivity index (χ1) is 11.3. The fraction of sp³-hybridized carbons (Fsp3) is 0.400. The molecule has 1 aliphatic heterocycles. The van der Waals surface area contributed by atoms with Gasteiger partial charge in [0, 0.05) is 19.0 Å². The molecular weight excluding hydrogens is 318 g/mol. The Morgan fingerprint density at radius 3 is 2.25 bits per heavy atom. The molecule has 2 aromatic rings. The molecule has 0 aromatic heterocycles. The van der Waals surface area contributed by atoms with Gasteiger partial charge in [0.25, 0.3) is 0 Å². The normalized spacial score (nSPS) is 21.5. The van der Waals surface area contributed by atoms with E-state index in [2.05, 4.69) is 26.0 Å². The van der Waals surface area contributed by atoms with Crippen LogP contribution in [0.4, 0.5) is 0 Å². The van der Waals surface area contributed by atoms with E-state index in [1.54, 1.807) is 16.4 Å². The van der Waals surface area contributed by atoms with E-state index in [1.807, 2.05) is 37.3 Å². The van der Waals surface area contributed by atoms with Crippen LogP contribution in [0.1, 0.15) is 37.3 Å². The summed E-state index contributed by atoms with van der Waals surface area (Å²) in [5, 5.41) is 0. The van der Waals surface area contributed by atoms with E-state index in [9.17, 15) is 8.42 Å². The number of sulfonamides is 1. The maximum absolute atomic E-state index is 13.0. The van der Waals surface area contributed by atoms with Crippen molar-refractivity contribution in [3.63, 3.8) is 0 Å². The molecule has 0 unspecified atom stereocenters. The van der Waals surface area contributed by atoms with Gasteiger partial charge in [0.15, 0.2) is 0 Å². The fourth-order valence-corrected chi connectivity index (χ4v) is 4.90. The van der Waals surface area contributed by atoms with Crippen LogP contribution in [0.25, 0.3) is 0 Å². The Bertz CT molecular complexity index is 795. The highest BCUT2D eigenvalue weighted by molar-refractivity contribution is 7.89. The number of aryl methyl sites for hydroxylation is 1. The van der Waals surface area contributed by atoms with Crippen molar-refractivity contribution in [2.24, 2.45) is 5.41 Å². The van der Waals surface area contributed by atoms with Crippen molar-refractivity contribution in [3.05, 3.63) is 65.7 Å². The molecule has 0 radical (unpaired) electrons. The molecule has 1 heterocycles. The quantitative estimate of drug-likeness (QED) is 0.837. The smallest absolute Gasteiger partial charge is 0.207 e. The maximum atomic E-state index is 13.0. The van der Waals surface area contributed by atoms with Gasteiger partial charge in [-0.3, -0.25) is 0 Å².